The first-order valence-corrected chi connectivity index (χ1v) is 9.51. The SMILES string of the molecule is Cc1n[nH]c(C)c1C(C)N(C)C(=O)CN1CCC(c2ccccc2)CC1. The predicted octanol–water partition coefficient (Wildman–Crippen LogP) is 3.43. The maximum Gasteiger partial charge on any atom is 0.236 e. The molecule has 1 fully saturated rings. The summed E-state index contributed by atoms with van der Waals surface area (Å²) in [7, 11) is 1.90. The summed E-state index contributed by atoms with van der Waals surface area (Å²) >= 11 is 0. The van der Waals surface area contributed by atoms with Gasteiger partial charge in [-0.15, -0.1) is 0 Å². The molecule has 0 bridgehead atoms. The van der Waals surface area contributed by atoms with E-state index in [1.54, 1.807) is 0 Å². The molecule has 2 aromatic rings. The highest BCUT2D eigenvalue weighted by Crippen LogP contribution is 2.28. The molecular formula is C21H30N4O. The van der Waals surface area contributed by atoms with Gasteiger partial charge in [0, 0.05) is 18.3 Å². The molecule has 0 radical (unpaired) electrons. The van der Waals surface area contributed by atoms with Crippen molar-refractivity contribution in [2.45, 2.75) is 45.6 Å². The topological polar surface area (TPSA) is 52.2 Å². The molecule has 3 rings (SSSR count). The third-order valence-corrected chi connectivity index (χ3v) is 5.79. The van der Waals surface area contributed by atoms with Gasteiger partial charge >= 0.3 is 0 Å². The van der Waals surface area contributed by atoms with Crippen LogP contribution in [0.4, 0.5) is 0 Å². The van der Waals surface area contributed by atoms with E-state index < -0.39 is 0 Å². The van der Waals surface area contributed by atoms with Crippen LogP contribution in [0, 0.1) is 13.8 Å². The number of aromatic amines is 1. The smallest absolute Gasteiger partial charge is 0.236 e. The summed E-state index contributed by atoms with van der Waals surface area (Å²) in [5.74, 6) is 0.797. The van der Waals surface area contributed by atoms with Crippen LogP contribution >= 0.6 is 0 Å². The molecular weight excluding hydrogens is 324 g/mol. The first-order valence-electron chi connectivity index (χ1n) is 9.51. The van der Waals surface area contributed by atoms with Gasteiger partial charge in [-0.05, 0) is 58.2 Å². The lowest BCUT2D eigenvalue weighted by Gasteiger charge is -2.34. The summed E-state index contributed by atoms with van der Waals surface area (Å²) in [6, 6.07) is 10.8. The van der Waals surface area contributed by atoms with Crippen molar-refractivity contribution in [3.8, 4) is 0 Å². The molecule has 1 saturated heterocycles. The second-order valence-corrected chi connectivity index (χ2v) is 7.49. The number of hydrogen-bond acceptors (Lipinski definition) is 3. The molecule has 1 unspecified atom stereocenters. The van der Waals surface area contributed by atoms with E-state index in [9.17, 15) is 4.79 Å². The number of nitrogens with zero attached hydrogens (tertiary/aromatic N) is 3. The van der Waals surface area contributed by atoms with E-state index in [0.29, 0.717) is 12.5 Å². The molecule has 1 aliphatic rings. The Kier molecular flexibility index (Phi) is 5.77. The number of H-pyrrole nitrogens is 1. The van der Waals surface area contributed by atoms with Crippen molar-refractivity contribution < 1.29 is 4.79 Å². The number of carbonyl (C=O) groups excluding carboxylic acids is 1. The van der Waals surface area contributed by atoms with Crippen molar-refractivity contribution in [3.05, 3.63) is 52.8 Å². The quantitative estimate of drug-likeness (QED) is 0.895. The molecule has 5 heteroatoms. The maximum atomic E-state index is 12.8. The molecule has 2 heterocycles. The van der Waals surface area contributed by atoms with Gasteiger partial charge in [-0.2, -0.15) is 5.10 Å². The van der Waals surface area contributed by atoms with Crippen LogP contribution in [0.3, 0.4) is 0 Å². The summed E-state index contributed by atoms with van der Waals surface area (Å²) in [4.78, 5) is 16.9. The number of hydrogen-bond donors (Lipinski definition) is 1. The lowest BCUT2D eigenvalue weighted by molar-refractivity contribution is -0.133. The number of nitrogens with one attached hydrogen (secondary N) is 1. The molecule has 0 spiro atoms. The Labute approximate surface area is 156 Å². The summed E-state index contributed by atoms with van der Waals surface area (Å²) < 4.78 is 0. The van der Waals surface area contributed by atoms with E-state index in [-0.39, 0.29) is 11.9 Å². The average molecular weight is 354 g/mol. The Morgan fingerprint density at radius 3 is 2.50 bits per heavy atom. The van der Waals surface area contributed by atoms with Crippen molar-refractivity contribution in [3.63, 3.8) is 0 Å². The summed E-state index contributed by atoms with van der Waals surface area (Å²) in [6.07, 6.45) is 2.24. The third-order valence-electron chi connectivity index (χ3n) is 5.79. The van der Waals surface area contributed by atoms with Crippen LogP contribution in [0.2, 0.25) is 0 Å². The monoisotopic (exact) mass is 354 g/mol. The van der Waals surface area contributed by atoms with Crippen molar-refractivity contribution in [2.75, 3.05) is 26.7 Å². The van der Waals surface area contributed by atoms with Crippen LogP contribution in [0.15, 0.2) is 30.3 Å². The number of aryl methyl sites for hydroxylation is 2. The van der Waals surface area contributed by atoms with E-state index >= 15 is 0 Å². The number of likely N-dealkylation sites (N-methyl/N-ethyl adjacent to an activating group) is 1. The number of carbonyl (C=O) groups is 1. The van der Waals surface area contributed by atoms with Gasteiger partial charge in [-0.1, -0.05) is 30.3 Å². The maximum absolute atomic E-state index is 12.8. The summed E-state index contributed by atoms with van der Waals surface area (Å²) in [6.45, 7) is 8.54. The van der Waals surface area contributed by atoms with Crippen LogP contribution in [0.5, 0.6) is 0 Å². The number of benzene rings is 1. The molecule has 5 nitrogen and oxygen atoms in total. The van der Waals surface area contributed by atoms with Crippen molar-refractivity contribution >= 4 is 5.91 Å². The van der Waals surface area contributed by atoms with Crippen LogP contribution in [-0.4, -0.2) is 52.6 Å². The first-order chi connectivity index (χ1) is 12.5. The Morgan fingerprint density at radius 2 is 1.92 bits per heavy atom. The van der Waals surface area contributed by atoms with Gasteiger partial charge in [0.05, 0.1) is 18.3 Å². The average Bonchev–Trinajstić information content (AvgIpc) is 3.00. The number of rotatable bonds is 5. The zero-order valence-corrected chi connectivity index (χ0v) is 16.3. The van der Waals surface area contributed by atoms with E-state index in [0.717, 1.165) is 42.9 Å². The minimum atomic E-state index is 0.0307. The fraction of sp³-hybridized carbons (Fsp3) is 0.524. The fourth-order valence-electron chi connectivity index (χ4n) is 4.04. The lowest BCUT2D eigenvalue weighted by atomic mass is 9.89. The number of aromatic nitrogens is 2. The van der Waals surface area contributed by atoms with Crippen LogP contribution in [-0.2, 0) is 4.79 Å². The Morgan fingerprint density at radius 1 is 1.27 bits per heavy atom. The van der Waals surface area contributed by atoms with Gasteiger partial charge in [0.25, 0.3) is 0 Å². The largest absolute Gasteiger partial charge is 0.338 e. The zero-order valence-electron chi connectivity index (χ0n) is 16.3. The van der Waals surface area contributed by atoms with Crippen molar-refractivity contribution in [2.24, 2.45) is 0 Å². The van der Waals surface area contributed by atoms with E-state index in [1.165, 1.54) is 5.56 Å². The summed E-state index contributed by atoms with van der Waals surface area (Å²) in [5.41, 5.74) is 4.57. The van der Waals surface area contributed by atoms with Crippen LogP contribution < -0.4 is 0 Å². The van der Waals surface area contributed by atoms with Gasteiger partial charge in [0.1, 0.15) is 0 Å². The van der Waals surface area contributed by atoms with E-state index in [1.807, 2.05) is 25.8 Å². The van der Waals surface area contributed by atoms with Crippen LogP contribution in [0.1, 0.15) is 54.2 Å². The Balaban J connectivity index is 1.54. The van der Waals surface area contributed by atoms with Gasteiger partial charge in [0.15, 0.2) is 0 Å². The number of amides is 1. The standard InChI is InChI=1S/C21H30N4O/c1-15-21(16(2)23-22-15)17(3)24(4)20(26)14-25-12-10-19(11-13-25)18-8-6-5-7-9-18/h5-9,17,19H,10-14H2,1-4H3,(H,22,23). The molecule has 1 aliphatic heterocycles. The molecule has 1 amide bonds. The molecule has 1 N–H and O–H groups in total. The van der Waals surface area contributed by atoms with Gasteiger partial charge in [-0.25, -0.2) is 0 Å². The Bertz CT molecular complexity index is 712. The fourth-order valence-corrected chi connectivity index (χ4v) is 4.04. The number of piperidine rings is 1. The molecule has 26 heavy (non-hydrogen) atoms. The highest BCUT2D eigenvalue weighted by Gasteiger charge is 2.26. The second kappa shape index (κ2) is 8.04. The third kappa shape index (κ3) is 3.98. The molecule has 0 aliphatic carbocycles. The zero-order chi connectivity index (χ0) is 18.7. The molecule has 1 aromatic heterocycles. The summed E-state index contributed by atoms with van der Waals surface area (Å²) in [5, 5.41) is 7.27. The molecule has 1 aromatic carbocycles. The normalized spacial score (nSPS) is 17.2. The van der Waals surface area contributed by atoms with Crippen molar-refractivity contribution in [1.82, 2.24) is 20.0 Å². The van der Waals surface area contributed by atoms with Gasteiger partial charge in [-0.3, -0.25) is 14.8 Å². The lowest BCUT2D eigenvalue weighted by Crippen LogP contribution is -2.42. The minimum absolute atomic E-state index is 0.0307. The molecule has 140 valence electrons. The van der Waals surface area contributed by atoms with E-state index in [2.05, 4.69) is 52.4 Å². The van der Waals surface area contributed by atoms with E-state index in [4.69, 9.17) is 0 Å². The second-order valence-electron chi connectivity index (χ2n) is 7.49. The molecule has 0 saturated carbocycles. The predicted molar refractivity (Wildman–Crippen MR) is 104 cm³/mol. The van der Waals surface area contributed by atoms with Gasteiger partial charge < -0.3 is 4.90 Å². The highest BCUT2D eigenvalue weighted by molar-refractivity contribution is 5.78. The van der Waals surface area contributed by atoms with Gasteiger partial charge in [0.2, 0.25) is 5.91 Å². The van der Waals surface area contributed by atoms with Crippen molar-refractivity contribution in [1.29, 1.82) is 0 Å². The Hall–Kier alpha value is -2.14. The molecule has 1 atom stereocenters. The minimum Gasteiger partial charge on any atom is -0.338 e. The van der Waals surface area contributed by atoms with Crippen LogP contribution in [0.25, 0.3) is 0 Å². The first kappa shape index (κ1) is 18.6. The number of likely N-dealkylation sites (tertiary alicyclic amines) is 1. The highest BCUT2D eigenvalue weighted by atomic mass is 16.2.